The highest BCUT2D eigenvalue weighted by Crippen LogP contribution is 2.22. The van der Waals surface area contributed by atoms with Gasteiger partial charge in [0.15, 0.2) is 0 Å². The van der Waals surface area contributed by atoms with Gasteiger partial charge >= 0.3 is 0 Å². The lowest BCUT2D eigenvalue weighted by Gasteiger charge is -2.11. The van der Waals surface area contributed by atoms with Crippen molar-refractivity contribution in [2.45, 2.75) is 52.0 Å². The van der Waals surface area contributed by atoms with E-state index in [1.54, 1.807) is 0 Å². The highest BCUT2D eigenvalue weighted by molar-refractivity contribution is 6.31. The first kappa shape index (κ1) is 13.5. The first-order chi connectivity index (χ1) is 7.60. The maximum Gasteiger partial charge on any atom is 0.0850 e. The monoisotopic (exact) mass is 243 g/mol. The highest BCUT2D eigenvalue weighted by atomic mass is 35.5. The molecule has 1 rings (SSSR count). The predicted molar refractivity (Wildman–Crippen MR) is 68.8 cm³/mol. The number of nitrogens with two attached hydrogens (primary N) is 1. The van der Waals surface area contributed by atoms with Gasteiger partial charge < -0.3 is 5.73 Å². The van der Waals surface area contributed by atoms with E-state index in [0.29, 0.717) is 0 Å². The third-order valence-corrected chi connectivity index (χ3v) is 3.32. The number of hydrogen-bond acceptors (Lipinski definition) is 2. The second-order valence-electron chi connectivity index (χ2n) is 4.29. The lowest BCUT2D eigenvalue weighted by Crippen LogP contribution is -2.24. The summed E-state index contributed by atoms with van der Waals surface area (Å²) in [5.74, 6) is 0. The molecule has 16 heavy (non-hydrogen) atoms. The van der Waals surface area contributed by atoms with Crippen LogP contribution in [-0.2, 0) is 19.9 Å². The largest absolute Gasteiger partial charge is 0.327 e. The number of rotatable bonds is 6. The Morgan fingerprint density at radius 3 is 2.62 bits per heavy atom. The van der Waals surface area contributed by atoms with Gasteiger partial charge in [0.05, 0.1) is 16.4 Å². The second-order valence-corrected chi connectivity index (χ2v) is 4.67. The third kappa shape index (κ3) is 3.22. The molecule has 0 amide bonds. The molecule has 1 unspecified atom stereocenters. The minimum atomic E-state index is 0.192. The molecule has 1 aromatic rings. The predicted octanol–water partition coefficient (Wildman–Crippen LogP) is 2.70. The molecule has 4 heteroatoms. The van der Waals surface area contributed by atoms with Crippen LogP contribution in [0.15, 0.2) is 0 Å². The Balaban J connectivity index is 2.69. The van der Waals surface area contributed by atoms with Crippen molar-refractivity contribution >= 4 is 11.6 Å². The zero-order valence-corrected chi connectivity index (χ0v) is 11.2. The summed E-state index contributed by atoms with van der Waals surface area (Å²) in [6, 6.07) is 0.192. The normalized spacial score (nSPS) is 13.1. The first-order valence-electron chi connectivity index (χ1n) is 6.05. The van der Waals surface area contributed by atoms with Crippen molar-refractivity contribution < 1.29 is 0 Å². The van der Waals surface area contributed by atoms with E-state index in [9.17, 15) is 0 Å². The topological polar surface area (TPSA) is 43.8 Å². The van der Waals surface area contributed by atoms with Gasteiger partial charge in [-0.2, -0.15) is 5.10 Å². The Labute approximate surface area is 103 Å². The molecule has 0 aliphatic heterocycles. The lowest BCUT2D eigenvalue weighted by atomic mass is 10.1. The number of nitrogens with zero attached hydrogens (tertiary/aromatic N) is 2. The Kier molecular flexibility index (Phi) is 5.29. The van der Waals surface area contributed by atoms with Crippen LogP contribution in [0.25, 0.3) is 0 Å². The van der Waals surface area contributed by atoms with E-state index in [4.69, 9.17) is 17.3 Å². The average molecular weight is 244 g/mol. The molecular formula is C12H22ClN3. The SMILES string of the molecule is CCCCC(N)Cc1c(Cl)c(CC)nn1C. The van der Waals surface area contributed by atoms with Gasteiger partial charge in [0.25, 0.3) is 0 Å². The van der Waals surface area contributed by atoms with Crippen molar-refractivity contribution in [2.75, 3.05) is 0 Å². The smallest absolute Gasteiger partial charge is 0.0850 e. The Morgan fingerprint density at radius 2 is 2.12 bits per heavy atom. The van der Waals surface area contributed by atoms with E-state index < -0.39 is 0 Å². The van der Waals surface area contributed by atoms with Gasteiger partial charge in [0, 0.05) is 19.5 Å². The highest BCUT2D eigenvalue weighted by Gasteiger charge is 2.15. The molecule has 92 valence electrons. The van der Waals surface area contributed by atoms with Crippen molar-refractivity contribution in [3.05, 3.63) is 16.4 Å². The van der Waals surface area contributed by atoms with Crippen LogP contribution in [0, 0.1) is 0 Å². The average Bonchev–Trinajstić information content (AvgIpc) is 2.53. The van der Waals surface area contributed by atoms with E-state index in [1.807, 2.05) is 11.7 Å². The molecule has 0 fully saturated rings. The standard InChI is InChI=1S/C12H22ClN3/c1-4-6-7-9(14)8-11-12(13)10(5-2)15-16(11)3/h9H,4-8,14H2,1-3H3. The van der Waals surface area contributed by atoms with Gasteiger partial charge in [-0.1, -0.05) is 38.3 Å². The van der Waals surface area contributed by atoms with Crippen LogP contribution in [0.5, 0.6) is 0 Å². The quantitative estimate of drug-likeness (QED) is 0.835. The first-order valence-corrected chi connectivity index (χ1v) is 6.43. The lowest BCUT2D eigenvalue weighted by molar-refractivity contribution is 0.552. The van der Waals surface area contributed by atoms with Crippen LogP contribution in [0.3, 0.4) is 0 Å². The molecule has 1 atom stereocenters. The Morgan fingerprint density at radius 1 is 1.44 bits per heavy atom. The molecular weight excluding hydrogens is 222 g/mol. The molecule has 0 aromatic carbocycles. The van der Waals surface area contributed by atoms with Crippen LogP contribution in [0.1, 0.15) is 44.5 Å². The van der Waals surface area contributed by atoms with E-state index in [-0.39, 0.29) is 6.04 Å². The van der Waals surface area contributed by atoms with Crippen LogP contribution < -0.4 is 5.73 Å². The molecule has 0 saturated heterocycles. The molecule has 1 aromatic heterocycles. The third-order valence-electron chi connectivity index (χ3n) is 2.89. The van der Waals surface area contributed by atoms with Gasteiger partial charge in [0.1, 0.15) is 0 Å². The summed E-state index contributed by atoms with van der Waals surface area (Å²) in [5.41, 5.74) is 8.13. The number of aromatic nitrogens is 2. The summed E-state index contributed by atoms with van der Waals surface area (Å²) in [4.78, 5) is 0. The Bertz CT molecular complexity index is 333. The van der Waals surface area contributed by atoms with Crippen LogP contribution >= 0.6 is 11.6 Å². The van der Waals surface area contributed by atoms with E-state index in [0.717, 1.165) is 35.7 Å². The number of halogens is 1. The van der Waals surface area contributed by atoms with Crippen molar-refractivity contribution in [2.24, 2.45) is 12.8 Å². The van der Waals surface area contributed by atoms with Gasteiger partial charge in [-0.05, 0) is 12.8 Å². The maximum atomic E-state index is 6.27. The molecule has 0 aliphatic carbocycles. The summed E-state index contributed by atoms with van der Waals surface area (Å²) in [7, 11) is 1.94. The summed E-state index contributed by atoms with van der Waals surface area (Å²) < 4.78 is 1.87. The summed E-state index contributed by atoms with van der Waals surface area (Å²) >= 11 is 6.27. The van der Waals surface area contributed by atoms with Crippen molar-refractivity contribution in [1.29, 1.82) is 0 Å². The molecule has 2 N–H and O–H groups in total. The zero-order valence-electron chi connectivity index (χ0n) is 10.5. The molecule has 0 spiro atoms. The number of unbranched alkanes of at least 4 members (excludes halogenated alkanes) is 1. The van der Waals surface area contributed by atoms with Crippen molar-refractivity contribution in [1.82, 2.24) is 9.78 Å². The van der Waals surface area contributed by atoms with Gasteiger partial charge in [-0.25, -0.2) is 0 Å². The molecule has 0 radical (unpaired) electrons. The molecule has 1 heterocycles. The summed E-state index contributed by atoms with van der Waals surface area (Å²) in [5, 5.41) is 5.19. The Hall–Kier alpha value is -0.540. The summed E-state index contributed by atoms with van der Waals surface area (Å²) in [6.45, 7) is 4.24. The second kappa shape index (κ2) is 6.26. The van der Waals surface area contributed by atoms with Gasteiger partial charge in [-0.15, -0.1) is 0 Å². The van der Waals surface area contributed by atoms with Crippen molar-refractivity contribution in [3.63, 3.8) is 0 Å². The molecule has 0 saturated carbocycles. The summed E-state index contributed by atoms with van der Waals surface area (Å²) in [6.07, 6.45) is 5.11. The minimum Gasteiger partial charge on any atom is -0.327 e. The fourth-order valence-electron chi connectivity index (χ4n) is 1.86. The maximum absolute atomic E-state index is 6.27. The number of aryl methyl sites for hydroxylation is 2. The molecule has 0 aliphatic rings. The van der Waals surface area contributed by atoms with Gasteiger partial charge in [-0.3, -0.25) is 4.68 Å². The number of hydrogen-bond donors (Lipinski definition) is 1. The minimum absolute atomic E-state index is 0.192. The molecule has 3 nitrogen and oxygen atoms in total. The fraction of sp³-hybridized carbons (Fsp3) is 0.750. The zero-order chi connectivity index (χ0) is 12.1. The van der Waals surface area contributed by atoms with Crippen LogP contribution in [-0.4, -0.2) is 15.8 Å². The van der Waals surface area contributed by atoms with E-state index in [1.165, 1.54) is 12.8 Å². The van der Waals surface area contributed by atoms with Crippen LogP contribution in [0.2, 0.25) is 5.02 Å². The van der Waals surface area contributed by atoms with Gasteiger partial charge in [0.2, 0.25) is 0 Å². The van der Waals surface area contributed by atoms with E-state index >= 15 is 0 Å². The van der Waals surface area contributed by atoms with E-state index in [2.05, 4.69) is 18.9 Å². The van der Waals surface area contributed by atoms with Crippen LogP contribution in [0.4, 0.5) is 0 Å². The van der Waals surface area contributed by atoms with Crippen molar-refractivity contribution in [3.8, 4) is 0 Å². The molecule has 0 bridgehead atoms. The fourth-order valence-corrected chi connectivity index (χ4v) is 2.23.